The minimum Gasteiger partial charge on any atom is -0.391 e. The zero-order valence-electron chi connectivity index (χ0n) is 11.0. The second-order valence-corrected chi connectivity index (χ2v) is 6.35. The van der Waals surface area contributed by atoms with Gasteiger partial charge >= 0.3 is 0 Å². The molecule has 0 aliphatic heterocycles. The minimum atomic E-state index is -0.396. The predicted octanol–water partition coefficient (Wildman–Crippen LogP) is 2.67. The van der Waals surface area contributed by atoms with E-state index < -0.39 is 5.54 Å². The Balaban J connectivity index is 1.95. The molecule has 0 unspecified atom stereocenters. The number of carbonyl (C=O) groups is 1. The fraction of sp³-hybridized carbons (Fsp3) is 0.857. The van der Waals surface area contributed by atoms with Crippen molar-refractivity contribution < 1.29 is 4.79 Å². The first-order valence-corrected chi connectivity index (χ1v) is 7.64. The van der Waals surface area contributed by atoms with Crippen LogP contribution in [0.5, 0.6) is 0 Å². The van der Waals surface area contributed by atoms with Gasteiger partial charge in [0.2, 0.25) is 5.91 Å². The van der Waals surface area contributed by atoms with Crippen molar-refractivity contribution in [3.05, 3.63) is 0 Å². The van der Waals surface area contributed by atoms with Gasteiger partial charge in [0, 0.05) is 6.42 Å². The van der Waals surface area contributed by atoms with Crippen LogP contribution >= 0.6 is 12.2 Å². The van der Waals surface area contributed by atoms with Crippen LogP contribution in [0.2, 0.25) is 0 Å². The van der Waals surface area contributed by atoms with Crippen LogP contribution in [-0.4, -0.2) is 16.4 Å². The summed E-state index contributed by atoms with van der Waals surface area (Å²) < 4.78 is 0. The Bertz CT molecular complexity index is 318. The van der Waals surface area contributed by atoms with Gasteiger partial charge in [0.25, 0.3) is 0 Å². The summed E-state index contributed by atoms with van der Waals surface area (Å²) in [4.78, 5) is 12.6. The third kappa shape index (κ3) is 3.22. The van der Waals surface area contributed by atoms with Crippen molar-refractivity contribution in [2.24, 2.45) is 11.7 Å². The van der Waals surface area contributed by atoms with E-state index in [1.807, 2.05) is 0 Å². The van der Waals surface area contributed by atoms with Crippen LogP contribution < -0.4 is 11.1 Å². The van der Waals surface area contributed by atoms with Gasteiger partial charge in [0.15, 0.2) is 0 Å². The van der Waals surface area contributed by atoms with Crippen LogP contribution in [0.1, 0.15) is 64.2 Å². The molecule has 0 heterocycles. The molecule has 1 amide bonds. The minimum absolute atomic E-state index is 0.148. The first kappa shape index (κ1) is 13.8. The van der Waals surface area contributed by atoms with Gasteiger partial charge < -0.3 is 11.1 Å². The topological polar surface area (TPSA) is 55.1 Å². The molecule has 3 nitrogen and oxygen atoms in total. The standard InChI is InChI=1S/C14H24N2OS/c15-13(18)14(8-3-1-2-4-9-14)16-12(17)10-11-6-5-7-11/h11H,1-10H2,(H2,15,18)(H,16,17). The molecule has 2 fully saturated rings. The number of hydrogen-bond acceptors (Lipinski definition) is 2. The summed E-state index contributed by atoms with van der Waals surface area (Å²) >= 11 is 5.23. The van der Waals surface area contributed by atoms with Gasteiger partial charge in [0.1, 0.15) is 0 Å². The van der Waals surface area contributed by atoms with Gasteiger partial charge in [-0.2, -0.15) is 0 Å². The van der Waals surface area contributed by atoms with E-state index in [1.54, 1.807) is 0 Å². The molecule has 0 aromatic carbocycles. The third-order valence-corrected chi connectivity index (χ3v) is 4.90. The van der Waals surface area contributed by atoms with E-state index in [9.17, 15) is 4.79 Å². The van der Waals surface area contributed by atoms with Crippen LogP contribution in [-0.2, 0) is 4.79 Å². The molecule has 2 rings (SSSR count). The molecule has 2 aliphatic carbocycles. The predicted molar refractivity (Wildman–Crippen MR) is 77.3 cm³/mol. The van der Waals surface area contributed by atoms with Crippen LogP contribution in [0.3, 0.4) is 0 Å². The Morgan fingerprint density at radius 3 is 2.22 bits per heavy atom. The molecule has 102 valence electrons. The van der Waals surface area contributed by atoms with Crippen molar-refractivity contribution in [2.45, 2.75) is 69.7 Å². The monoisotopic (exact) mass is 268 g/mol. The first-order valence-electron chi connectivity index (χ1n) is 7.23. The molecule has 0 radical (unpaired) electrons. The number of thiocarbonyl (C=S) groups is 1. The fourth-order valence-corrected chi connectivity index (χ4v) is 3.30. The molecular formula is C14H24N2OS. The van der Waals surface area contributed by atoms with Crippen molar-refractivity contribution in [3.63, 3.8) is 0 Å². The maximum absolute atomic E-state index is 12.1. The maximum Gasteiger partial charge on any atom is 0.221 e. The van der Waals surface area contributed by atoms with Crippen molar-refractivity contribution >= 4 is 23.1 Å². The van der Waals surface area contributed by atoms with E-state index in [-0.39, 0.29) is 5.91 Å². The molecule has 0 bridgehead atoms. The zero-order valence-corrected chi connectivity index (χ0v) is 11.9. The smallest absolute Gasteiger partial charge is 0.221 e. The molecule has 18 heavy (non-hydrogen) atoms. The van der Waals surface area contributed by atoms with Gasteiger partial charge in [-0.25, -0.2) is 0 Å². The molecule has 2 saturated carbocycles. The van der Waals surface area contributed by atoms with Crippen molar-refractivity contribution in [1.82, 2.24) is 5.32 Å². The van der Waals surface area contributed by atoms with E-state index in [0.717, 1.165) is 25.7 Å². The van der Waals surface area contributed by atoms with Crippen LogP contribution in [0.15, 0.2) is 0 Å². The molecular weight excluding hydrogens is 244 g/mol. The molecule has 0 atom stereocenters. The highest BCUT2D eigenvalue weighted by atomic mass is 32.1. The fourth-order valence-electron chi connectivity index (χ4n) is 3.04. The van der Waals surface area contributed by atoms with E-state index in [2.05, 4.69) is 5.32 Å². The van der Waals surface area contributed by atoms with E-state index in [1.165, 1.54) is 32.1 Å². The Morgan fingerprint density at radius 2 is 1.78 bits per heavy atom. The zero-order chi connectivity index (χ0) is 13.0. The second-order valence-electron chi connectivity index (χ2n) is 5.91. The lowest BCUT2D eigenvalue weighted by molar-refractivity contribution is -0.124. The number of hydrogen-bond donors (Lipinski definition) is 2. The average molecular weight is 268 g/mol. The normalized spacial score (nSPS) is 23.8. The highest BCUT2D eigenvalue weighted by molar-refractivity contribution is 7.80. The number of nitrogens with two attached hydrogens (primary N) is 1. The quantitative estimate of drug-likeness (QED) is 0.609. The Labute approximate surface area is 115 Å². The molecule has 0 aromatic rings. The lowest BCUT2D eigenvalue weighted by Crippen LogP contribution is -2.56. The van der Waals surface area contributed by atoms with Crippen molar-refractivity contribution in [1.29, 1.82) is 0 Å². The largest absolute Gasteiger partial charge is 0.391 e. The maximum atomic E-state index is 12.1. The molecule has 0 spiro atoms. The Kier molecular flexibility index (Phi) is 4.60. The van der Waals surface area contributed by atoms with Crippen LogP contribution in [0.4, 0.5) is 0 Å². The number of nitrogens with one attached hydrogen (secondary N) is 1. The summed E-state index contributed by atoms with van der Waals surface area (Å²) in [7, 11) is 0. The second kappa shape index (κ2) is 6.00. The first-order chi connectivity index (χ1) is 8.62. The molecule has 2 aliphatic rings. The summed E-state index contributed by atoms with van der Waals surface area (Å²) in [6.45, 7) is 0. The van der Waals surface area contributed by atoms with Crippen molar-refractivity contribution in [3.8, 4) is 0 Å². The molecule has 4 heteroatoms. The van der Waals surface area contributed by atoms with Crippen LogP contribution in [0, 0.1) is 5.92 Å². The summed E-state index contributed by atoms with van der Waals surface area (Å²) in [5, 5.41) is 3.17. The molecule has 0 aromatic heterocycles. The van der Waals surface area contributed by atoms with Gasteiger partial charge in [-0.15, -0.1) is 0 Å². The van der Waals surface area contributed by atoms with Gasteiger partial charge in [-0.05, 0) is 31.6 Å². The van der Waals surface area contributed by atoms with Gasteiger partial charge in [0.05, 0.1) is 10.5 Å². The summed E-state index contributed by atoms with van der Waals surface area (Å²) in [6, 6.07) is 0. The molecule has 0 saturated heterocycles. The number of amides is 1. The van der Waals surface area contributed by atoms with E-state index >= 15 is 0 Å². The SMILES string of the molecule is NC(=S)C1(NC(=O)CC2CCC2)CCCCCC1. The Hall–Kier alpha value is -0.640. The van der Waals surface area contributed by atoms with Gasteiger partial charge in [-0.3, -0.25) is 4.79 Å². The highest BCUT2D eigenvalue weighted by Gasteiger charge is 2.36. The number of rotatable bonds is 4. The van der Waals surface area contributed by atoms with E-state index in [0.29, 0.717) is 17.3 Å². The lowest BCUT2D eigenvalue weighted by atomic mass is 9.82. The summed E-state index contributed by atoms with van der Waals surface area (Å²) in [5.74, 6) is 0.744. The summed E-state index contributed by atoms with van der Waals surface area (Å²) in [5.41, 5.74) is 5.52. The molecule has 3 N–H and O–H groups in total. The third-order valence-electron chi connectivity index (χ3n) is 4.51. The number of carbonyl (C=O) groups excluding carboxylic acids is 1. The van der Waals surface area contributed by atoms with Gasteiger partial charge in [-0.1, -0.05) is 44.3 Å². The average Bonchev–Trinajstić information content (AvgIpc) is 2.50. The van der Waals surface area contributed by atoms with Crippen LogP contribution in [0.25, 0.3) is 0 Å². The lowest BCUT2D eigenvalue weighted by Gasteiger charge is -2.34. The van der Waals surface area contributed by atoms with Crippen molar-refractivity contribution in [2.75, 3.05) is 0 Å². The summed E-state index contributed by atoms with van der Waals surface area (Å²) in [6.07, 6.45) is 10.8. The Morgan fingerprint density at radius 1 is 1.17 bits per heavy atom. The van der Waals surface area contributed by atoms with E-state index in [4.69, 9.17) is 18.0 Å². The highest BCUT2D eigenvalue weighted by Crippen LogP contribution is 2.31.